The second kappa shape index (κ2) is 7.07. The zero-order chi connectivity index (χ0) is 12.8. The molecule has 0 radical (unpaired) electrons. The molecule has 0 aromatic rings. The number of morpholine rings is 1. The number of carbonyl (C=O) groups excluding carboxylic acids is 1. The predicted octanol–water partition coefficient (Wildman–Crippen LogP) is 0.250. The molecule has 1 N–H and O–H groups in total. The van der Waals surface area contributed by atoms with Gasteiger partial charge in [0.15, 0.2) is 0 Å². The molecule has 0 aliphatic carbocycles. The van der Waals surface area contributed by atoms with Gasteiger partial charge in [-0.2, -0.15) is 0 Å². The number of carbonyl (C=O) groups is 1. The molecular formula is C13H24N2O3. The van der Waals surface area contributed by atoms with Gasteiger partial charge in [-0.15, -0.1) is 0 Å². The summed E-state index contributed by atoms with van der Waals surface area (Å²) in [5.74, 6) is 0.879. The first-order chi connectivity index (χ1) is 8.79. The van der Waals surface area contributed by atoms with Crippen molar-refractivity contribution in [2.75, 3.05) is 46.6 Å². The molecule has 2 heterocycles. The highest BCUT2D eigenvalue weighted by atomic mass is 16.5. The Kier molecular flexibility index (Phi) is 5.41. The van der Waals surface area contributed by atoms with Crippen LogP contribution in [0.5, 0.6) is 0 Å². The van der Waals surface area contributed by atoms with E-state index in [-0.39, 0.29) is 11.9 Å². The summed E-state index contributed by atoms with van der Waals surface area (Å²) in [5, 5.41) is 3.33. The van der Waals surface area contributed by atoms with Crippen molar-refractivity contribution in [3.05, 3.63) is 0 Å². The van der Waals surface area contributed by atoms with Crippen LogP contribution in [0.15, 0.2) is 0 Å². The van der Waals surface area contributed by atoms with Gasteiger partial charge in [0.1, 0.15) is 0 Å². The summed E-state index contributed by atoms with van der Waals surface area (Å²) in [5.41, 5.74) is 0. The molecule has 0 aromatic heterocycles. The van der Waals surface area contributed by atoms with Gasteiger partial charge < -0.3 is 19.7 Å². The van der Waals surface area contributed by atoms with E-state index in [4.69, 9.17) is 9.47 Å². The van der Waals surface area contributed by atoms with Crippen LogP contribution in [-0.4, -0.2) is 63.4 Å². The average molecular weight is 256 g/mol. The lowest BCUT2D eigenvalue weighted by Crippen LogP contribution is -2.46. The summed E-state index contributed by atoms with van der Waals surface area (Å²) in [6, 6.07) is 0.197. The lowest BCUT2D eigenvalue weighted by atomic mass is 9.97. The van der Waals surface area contributed by atoms with Crippen molar-refractivity contribution in [2.45, 2.75) is 25.3 Å². The van der Waals surface area contributed by atoms with Crippen LogP contribution < -0.4 is 5.32 Å². The summed E-state index contributed by atoms with van der Waals surface area (Å²) >= 11 is 0. The topological polar surface area (TPSA) is 50.8 Å². The Hall–Kier alpha value is -0.650. The molecule has 2 rings (SSSR count). The second-order valence-corrected chi connectivity index (χ2v) is 5.21. The molecular weight excluding hydrogens is 232 g/mol. The number of likely N-dealkylation sites (tertiary alicyclic amines) is 1. The monoisotopic (exact) mass is 256 g/mol. The quantitative estimate of drug-likeness (QED) is 0.783. The number of methoxy groups -OCH3 is 1. The Bertz CT molecular complexity index is 259. The molecule has 0 bridgehead atoms. The van der Waals surface area contributed by atoms with Gasteiger partial charge in [-0.25, -0.2) is 0 Å². The number of nitrogens with one attached hydrogen (secondary N) is 1. The van der Waals surface area contributed by atoms with Gasteiger partial charge >= 0.3 is 0 Å². The highest BCUT2D eigenvalue weighted by molar-refractivity contribution is 5.77. The number of amides is 1. The van der Waals surface area contributed by atoms with Gasteiger partial charge in [-0.1, -0.05) is 0 Å². The number of nitrogens with zero attached hydrogens (tertiary/aromatic N) is 1. The Morgan fingerprint density at radius 2 is 2.22 bits per heavy atom. The van der Waals surface area contributed by atoms with E-state index in [0.717, 1.165) is 45.7 Å². The van der Waals surface area contributed by atoms with Gasteiger partial charge in [0.05, 0.1) is 13.2 Å². The van der Waals surface area contributed by atoms with Crippen molar-refractivity contribution in [1.82, 2.24) is 10.2 Å². The van der Waals surface area contributed by atoms with Crippen LogP contribution in [0, 0.1) is 5.92 Å². The van der Waals surface area contributed by atoms with Crippen LogP contribution >= 0.6 is 0 Å². The van der Waals surface area contributed by atoms with Crippen LogP contribution in [0.1, 0.15) is 19.3 Å². The second-order valence-electron chi connectivity index (χ2n) is 5.21. The molecule has 5 heteroatoms. The lowest BCUT2D eigenvalue weighted by molar-refractivity contribution is -0.134. The average Bonchev–Trinajstić information content (AvgIpc) is 2.41. The molecule has 1 amide bonds. The predicted molar refractivity (Wildman–Crippen MR) is 68.4 cm³/mol. The number of hydrogen-bond acceptors (Lipinski definition) is 4. The molecule has 1 atom stereocenters. The molecule has 104 valence electrons. The zero-order valence-corrected chi connectivity index (χ0v) is 11.2. The fraction of sp³-hybridized carbons (Fsp3) is 0.923. The Labute approximate surface area is 109 Å². The third kappa shape index (κ3) is 3.93. The third-order valence-electron chi connectivity index (χ3n) is 3.79. The van der Waals surface area contributed by atoms with E-state index in [1.165, 1.54) is 0 Å². The van der Waals surface area contributed by atoms with E-state index in [1.807, 2.05) is 4.90 Å². The highest BCUT2D eigenvalue weighted by Crippen LogP contribution is 2.18. The van der Waals surface area contributed by atoms with E-state index in [1.54, 1.807) is 7.11 Å². The van der Waals surface area contributed by atoms with Crippen LogP contribution in [0.25, 0.3) is 0 Å². The number of hydrogen-bond donors (Lipinski definition) is 1. The SMILES string of the molecule is COCC1CCN(C(=O)CC2COCCN2)CC1. The van der Waals surface area contributed by atoms with E-state index < -0.39 is 0 Å². The molecule has 18 heavy (non-hydrogen) atoms. The largest absolute Gasteiger partial charge is 0.384 e. The Morgan fingerprint density at radius 3 is 2.83 bits per heavy atom. The molecule has 0 aromatic carbocycles. The van der Waals surface area contributed by atoms with Crippen molar-refractivity contribution in [2.24, 2.45) is 5.92 Å². The normalized spacial score (nSPS) is 26.3. The van der Waals surface area contributed by atoms with E-state index >= 15 is 0 Å². The third-order valence-corrected chi connectivity index (χ3v) is 3.79. The van der Waals surface area contributed by atoms with Crippen molar-refractivity contribution in [3.8, 4) is 0 Å². The maximum atomic E-state index is 12.1. The van der Waals surface area contributed by atoms with Crippen LogP contribution in [0.4, 0.5) is 0 Å². The van der Waals surface area contributed by atoms with Crippen LogP contribution in [0.2, 0.25) is 0 Å². The van der Waals surface area contributed by atoms with Gasteiger partial charge in [0, 0.05) is 45.8 Å². The Balaban J connectivity index is 1.70. The lowest BCUT2D eigenvalue weighted by Gasteiger charge is -2.33. The van der Waals surface area contributed by atoms with E-state index in [0.29, 0.717) is 18.9 Å². The highest BCUT2D eigenvalue weighted by Gasteiger charge is 2.25. The first-order valence-electron chi connectivity index (χ1n) is 6.87. The van der Waals surface area contributed by atoms with Gasteiger partial charge in [-0.05, 0) is 18.8 Å². The maximum Gasteiger partial charge on any atom is 0.224 e. The number of piperidine rings is 1. The number of ether oxygens (including phenoxy) is 2. The molecule has 0 spiro atoms. The van der Waals surface area contributed by atoms with Gasteiger partial charge in [-0.3, -0.25) is 4.79 Å². The minimum atomic E-state index is 0.197. The van der Waals surface area contributed by atoms with Crippen molar-refractivity contribution in [1.29, 1.82) is 0 Å². The van der Waals surface area contributed by atoms with Crippen LogP contribution in [0.3, 0.4) is 0 Å². The van der Waals surface area contributed by atoms with Crippen molar-refractivity contribution < 1.29 is 14.3 Å². The maximum absolute atomic E-state index is 12.1. The van der Waals surface area contributed by atoms with E-state index in [9.17, 15) is 4.79 Å². The summed E-state index contributed by atoms with van der Waals surface area (Å²) in [6.07, 6.45) is 2.69. The smallest absolute Gasteiger partial charge is 0.224 e. The molecule has 2 saturated heterocycles. The van der Waals surface area contributed by atoms with Crippen molar-refractivity contribution in [3.63, 3.8) is 0 Å². The summed E-state index contributed by atoms with van der Waals surface area (Å²) < 4.78 is 10.5. The molecule has 5 nitrogen and oxygen atoms in total. The first-order valence-corrected chi connectivity index (χ1v) is 6.87. The Morgan fingerprint density at radius 1 is 1.44 bits per heavy atom. The molecule has 1 unspecified atom stereocenters. The molecule has 2 fully saturated rings. The summed E-state index contributed by atoms with van der Waals surface area (Å²) in [7, 11) is 1.74. The fourth-order valence-corrected chi connectivity index (χ4v) is 2.68. The summed E-state index contributed by atoms with van der Waals surface area (Å²) in [6.45, 7) is 4.84. The molecule has 2 aliphatic heterocycles. The van der Waals surface area contributed by atoms with Gasteiger partial charge in [0.2, 0.25) is 5.91 Å². The first kappa shape index (κ1) is 13.8. The number of rotatable bonds is 4. The minimum absolute atomic E-state index is 0.197. The van der Waals surface area contributed by atoms with Gasteiger partial charge in [0.25, 0.3) is 0 Å². The molecule has 0 saturated carbocycles. The standard InChI is InChI=1S/C13H24N2O3/c1-17-9-11-2-5-15(6-3-11)13(16)8-12-10-18-7-4-14-12/h11-12,14H,2-10H2,1H3. The fourth-order valence-electron chi connectivity index (χ4n) is 2.68. The summed E-state index contributed by atoms with van der Waals surface area (Å²) in [4.78, 5) is 14.1. The van der Waals surface area contributed by atoms with E-state index in [2.05, 4.69) is 5.32 Å². The molecule has 2 aliphatic rings. The minimum Gasteiger partial charge on any atom is -0.384 e. The van der Waals surface area contributed by atoms with Crippen LogP contribution in [-0.2, 0) is 14.3 Å². The zero-order valence-electron chi connectivity index (χ0n) is 11.2. The van der Waals surface area contributed by atoms with Crippen molar-refractivity contribution >= 4 is 5.91 Å².